The molecule has 120 valence electrons. The zero-order valence-electron chi connectivity index (χ0n) is 12.9. The number of hydrogen-bond donors (Lipinski definition) is 2. The molecule has 3 rings (SSSR count). The summed E-state index contributed by atoms with van der Waals surface area (Å²) in [6.45, 7) is 0.672. The van der Waals surface area contributed by atoms with Crippen LogP contribution in [0.15, 0.2) is 35.3 Å². The maximum absolute atomic E-state index is 9.40. The molecular weight excluding hydrogens is 316 g/mol. The Balaban J connectivity index is 2.16. The van der Waals surface area contributed by atoms with Gasteiger partial charge in [0.05, 0.1) is 25.6 Å². The molecule has 0 spiro atoms. The lowest BCUT2D eigenvalue weighted by atomic mass is 9.92. The summed E-state index contributed by atoms with van der Waals surface area (Å²) in [6.07, 6.45) is 0.828. The molecule has 0 amide bonds. The number of nitrogens with zero attached hydrogens (tertiary/aromatic N) is 1. The van der Waals surface area contributed by atoms with Crippen molar-refractivity contribution in [1.82, 2.24) is 0 Å². The van der Waals surface area contributed by atoms with Gasteiger partial charge in [0.1, 0.15) is 0 Å². The fourth-order valence-electron chi connectivity index (χ4n) is 2.77. The van der Waals surface area contributed by atoms with Gasteiger partial charge in [0.15, 0.2) is 11.5 Å². The second-order valence-electron chi connectivity index (χ2n) is 5.15. The SMILES string of the molecule is COc1cc2c(cc1OC)C(c1ccc(Cl)cc1NO)=NCC2. The van der Waals surface area contributed by atoms with E-state index in [0.717, 1.165) is 28.8 Å². The average molecular weight is 333 g/mol. The van der Waals surface area contributed by atoms with Crippen molar-refractivity contribution in [3.05, 3.63) is 52.0 Å². The third-order valence-electron chi connectivity index (χ3n) is 3.87. The standard InChI is InChI=1S/C17H17ClN2O3/c1-22-15-7-10-5-6-19-17(13(10)9-16(15)23-2)12-4-3-11(18)8-14(12)20-21/h3-4,7-9,20-21H,5-6H2,1-2H3. The molecule has 0 atom stereocenters. The van der Waals surface area contributed by atoms with Gasteiger partial charge in [-0.2, -0.15) is 0 Å². The van der Waals surface area contributed by atoms with Crippen LogP contribution in [0.4, 0.5) is 5.69 Å². The van der Waals surface area contributed by atoms with E-state index in [9.17, 15) is 5.21 Å². The topological polar surface area (TPSA) is 63.1 Å². The van der Waals surface area contributed by atoms with Crippen LogP contribution >= 0.6 is 11.6 Å². The average Bonchev–Trinajstić information content (AvgIpc) is 2.59. The minimum Gasteiger partial charge on any atom is -0.493 e. The summed E-state index contributed by atoms with van der Waals surface area (Å²) in [5.41, 5.74) is 6.38. The van der Waals surface area contributed by atoms with E-state index in [1.807, 2.05) is 18.2 Å². The molecule has 1 aliphatic rings. The Morgan fingerprint density at radius 1 is 1.09 bits per heavy atom. The van der Waals surface area contributed by atoms with Crippen molar-refractivity contribution in [2.45, 2.75) is 6.42 Å². The van der Waals surface area contributed by atoms with Gasteiger partial charge >= 0.3 is 0 Å². The van der Waals surface area contributed by atoms with Crippen molar-refractivity contribution in [1.29, 1.82) is 0 Å². The van der Waals surface area contributed by atoms with Gasteiger partial charge < -0.3 is 9.47 Å². The summed E-state index contributed by atoms with van der Waals surface area (Å²) in [6, 6.07) is 9.17. The van der Waals surface area contributed by atoms with Crippen LogP contribution in [0.5, 0.6) is 11.5 Å². The molecular formula is C17H17ClN2O3. The lowest BCUT2D eigenvalue weighted by molar-refractivity contribution is 0.354. The van der Waals surface area contributed by atoms with E-state index in [0.29, 0.717) is 28.8 Å². The quantitative estimate of drug-likeness (QED) is 0.840. The van der Waals surface area contributed by atoms with E-state index in [1.54, 1.807) is 26.4 Å². The zero-order chi connectivity index (χ0) is 16.4. The number of benzene rings is 2. The molecule has 2 aromatic carbocycles. The van der Waals surface area contributed by atoms with Gasteiger partial charge in [-0.25, -0.2) is 0 Å². The highest BCUT2D eigenvalue weighted by atomic mass is 35.5. The van der Waals surface area contributed by atoms with Gasteiger partial charge in [0.25, 0.3) is 0 Å². The molecule has 0 saturated heterocycles. The Kier molecular flexibility index (Phi) is 4.41. The molecule has 0 saturated carbocycles. The lowest BCUT2D eigenvalue weighted by Gasteiger charge is -2.21. The van der Waals surface area contributed by atoms with Crippen molar-refractivity contribution in [3.8, 4) is 11.5 Å². The maximum atomic E-state index is 9.40. The van der Waals surface area contributed by atoms with Crippen molar-refractivity contribution >= 4 is 23.0 Å². The largest absolute Gasteiger partial charge is 0.493 e. The molecule has 5 nitrogen and oxygen atoms in total. The molecule has 1 aliphatic heterocycles. The maximum Gasteiger partial charge on any atom is 0.161 e. The second-order valence-corrected chi connectivity index (χ2v) is 5.58. The Labute approximate surface area is 139 Å². The number of fused-ring (bicyclic) bond motifs is 1. The number of hydrogen-bond acceptors (Lipinski definition) is 5. The van der Waals surface area contributed by atoms with Crippen molar-refractivity contribution < 1.29 is 14.7 Å². The number of ether oxygens (including phenoxy) is 2. The van der Waals surface area contributed by atoms with E-state index in [1.165, 1.54) is 0 Å². The molecule has 0 unspecified atom stereocenters. The number of aliphatic imine (C=N–C) groups is 1. The predicted molar refractivity (Wildman–Crippen MR) is 90.6 cm³/mol. The first kappa shape index (κ1) is 15.6. The van der Waals surface area contributed by atoms with Gasteiger partial charge in [0, 0.05) is 22.7 Å². The first-order chi connectivity index (χ1) is 11.2. The smallest absolute Gasteiger partial charge is 0.161 e. The van der Waals surface area contributed by atoms with Crippen LogP contribution in [0.2, 0.25) is 5.02 Å². The fourth-order valence-corrected chi connectivity index (χ4v) is 2.94. The number of methoxy groups -OCH3 is 2. The molecule has 0 fully saturated rings. The van der Waals surface area contributed by atoms with Crippen molar-refractivity contribution in [3.63, 3.8) is 0 Å². The van der Waals surface area contributed by atoms with Gasteiger partial charge in [-0.3, -0.25) is 15.7 Å². The van der Waals surface area contributed by atoms with E-state index in [4.69, 9.17) is 21.1 Å². The van der Waals surface area contributed by atoms with Gasteiger partial charge in [0.2, 0.25) is 0 Å². The monoisotopic (exact) mass is 332 g/mol. The first-order valence-corrected chi connectivity index (χ1v) is 7.55. The van der Waals surface area contributed by atoms with Crippen LogP contribution in [-0.4, -0.2) is 31.7 Å². The minimum absolute atomic E-state index is 0.513. The van der Waals surface area contributed by atoms with Crippen molar-refractivity contribution in [2.24, 2.45) is 4.99 Å². The number of rotatable bonds is 4. The van der Waals surface area contributed by atoms with Crippen LogP contribution in [0, 0.1) is 0 Å². The number of anilines is 1. The highest BCUT2D eigenvalue weighted by molar-refractivity contribution is 6.31. The molecule has 1 heterocycles. The summed E-state index contributed by atoms with van der Waals surface area (Å²) in [5.74, 6) is 1.34. The Morgan fingerprint density at radius 2 is 1.83 bits per heavy atom. The number of halogens is 1. The number of nitrogens with one attached hydrogen (secondary N) is 1. The first-order valence-electron chi connectivity index (χ1n) is 7.17. The summed E-state index contributed by atoms with van der Waals surface area (Å²) >= 11 is 5.99. The normalized spacial score (nSPS) is 13.1. The molecule has 0 radical (unpaired) electrons. The van der Waals surface area contributed by atoms with E-state index in [-0.39, 0.29) is 0 Å². The van der Waals surface area contributed by atoms with Gasteiger partial charge in [-0.05, 0) is 42.3 Å². The Bertz CT molecular complexity index is 775. The van der Waals surface area contributed by atoms with Crippen LogP contribution in [0.3, 0.4) is 0 Å². The van der Waals surface area contributed by atoms with Crippen LogP contribution in [0.1, 0.15) is 16.7 Å². The molecule has 0 aliphatic carbocycles. The molecule has 2 N–H and O–H groups in total. The summed E-state index contributed by atoms with van der Waals surface area (Å²) < 4.78 is 10.8. The van der Waals surface area contributed by atoms with E-state index >= 15 is 0 Å². The van der Waals surface area contributed by atoms with Crippen LogP contribution < -0.4 is 15.0 Å². The molecule has 23 heavy (non-hydrogen) atoms. The molecule has 0 aromatic heterocycles. The third-order valence-corrected chi connectivity index (χ3v) is 4.11. The summed E-state index contributed by atoms with van der Waals surface area (Å²) in [4.78, 5) is 4.64. The highest BCUT2D eigenvalue weighted by Crippen LogP contribution is 2.35. The predicted octanol–water partition coefficient (Wildman–Crippen LogP) is 3.55. The highest BCUT2D eigenvalue weighted by Gasteiger charge is 2.21. The Hall–Kier alpha value is -2.24. The lowest BCUT2D eigenvalue weighted by Crippen LogP contribution is -2.16. The molecule has 0 bridgehead atoms. The van der Waals surface area contributed by atoms with Crippen LogP contribution in [-0.2, 0) is 6.42 Å². The fraction of sp³-hybridized carbons (Fsp3) is 0.235. The van der Waals surface area contributed by atoms with E-state index in [2.05, 4.69) is 10.5 Å². The second kappa shape index (κ2) is 6.48. The summed E-state index contributed by atoms with van der Waals surface area (Å²) in [7, 11) is 3.22. The summed E-state index contributed by atoms with van der Waals surface area (Å²) in [5, 5.41) is 9.93. The van der Waals surface area contributed by atoms with E-state index < -0.39 is 0 Å². The Morgan fingerprint density at radius 3 is 2.52 bits per heavy atom. The third kappa shape index (κ3) is 2.85. The van der Waals surface area contributed by atoms with Crippen molar-refractivity contribution in [2.75, 3.05) is 26.2 Å². The minimum atomic E-state index is 0.513. The van der Waals surface area contributed by atoms with Gasteiger partial charge in [-0.1, -0.05) is 11.6 Å². The van der Waals surface area contributed by atoms with Crippen LogP contribution in [0.25, 0.3) is 0 Å². The molecule has 6 heteroatoms. The zero-order valence-corrected chi connectivity index (χ0v) is 13.6. The molecule has 2 aromatic rings. The van der Waals surface area contributed by atoms with Gasteiger partial charge in [-0.15, -0.1) is 0 Å².